The minimum absolute atomic E-state index is 0.0860. The molecule has 3 N–H and O–H groups in total. The van der Waals surface area contributed by atoms with Crippen LogP contribution in [0.15, 0.2) is 45.9 Å². The number of H-pyrrole nitrogens is 1. The van der Waals surface area contributed by atoms with Crippen LogP contribution in [0, 0.1) is 13.8 Å². The molecular formula is C22H19ClN4O4. The Kier molecular flexibility index (Phi) is 5.24. The predicted octanol–water partition coefficient (Wildman–Crippen LogP) is 4.72. The summed E-state index contributed by atoms with van der Waals surface area (Å²) in [6, 6.07) is 6.37. The zero-order chi connectivity index (χ0) is 22.3. The number of aromatic nitrogens is 3. The maximum atomic E-state index is 13.1. The summed E-state index contributed by atoms with van der Waals surface area (Å²) in [5.41, 5.74) is 3.16. The molecule has 4 rings (SSSR count). The van der Waals surface area contributed by atoms with Crippen molar-refractivity contribution in [1.82, 2.24) is 15.2 Å². The summed E-state index contributed by atoms with van der Waals surface area (Å²) in [5.74, 6) is -0.765. The quantitative estimate of drug-likeness (QED) is 0.385. The van der Waals surface area contributed by atoms with Crippen molar-refractivity contribution in [3.8, 4) is 11.3 Å². The van der Waals surface area contributed by atoms with Gasteiger partial charge in [-0.1, -0.05) is 17.7 Å². The molecule has 0 aliphatic rings. The molecule has 0 aliphatic heterocycles. The number of hydrogen-bond donors (Lipinski definition) is 3. The normalized spacial score (nSPS) is 12.1. The Labute approximate surface area is 181 Å². The first-order valence-corrected chi connectivity index (χ1v) is 9.87. The number of anilines is 1. The fourth-order valence-corrected chi connectivity index (χ4v) is 3.71. The van der Waals surface area contributed by atoms with Gasteiger partial charge in [0.25, 0.3) is 0 Å². The number of aromatic carboxylic acids is 1. The second kappa shape index (κ2) is 7.88. The Morgan fingerprint density at radius 2 is 2.06 bits per heavy atom. The van der Waals surface area contributed by atoms with Crippen LogP contribution in [0.25, 0.3) is 22.3 Å². The van der Waals surface area contributed by atoms with E-state index < -0.39 is 12.0 Å². The number of aromatic amines is 1. The van der Waals surface area contributed by atoms with Crippen LogP contribution in [0.4, 0.5) is 5.69 Å². The molecule has 1 unspecified atom stereocenters. The van der Waals surface area contributed by atoms with Gasteiger partial charge < -0.3 is 14.8 Å². The third kappa shape index (κ3) is 3.77. The summed E-state index contributed by atoms with van der Waals surface area (Å²) < 4.78 is 6.21. The highest BCUT2D eigenvalue weighted by atomic mass is 35.5. The van der Waals surface area contributed by atoms with E-state index in [4.69, 9.17) is 16.0 Å². The molecule has 3 heterocycles. The van der Waals surface area contributed by atoms with Crippen LogP contribution >= 0.6 is 11.6 Å². The van der Waals surface area contributed by atoms with Crippen molar-refractivity contribution in [1.29, 1.82) is 0 Å². The Morgan fingerprint density at radius 3 is 2.74 bits per heavy atom. The van der Waals surface area contributed by atoms with Crippen molar-refractivity contribution in [3.05, 3.63) is 74.4 Å². The van der Waals surface area contributed by atoms with Crippen LogP contribution in [0.3, 0.4) is 0 Å². The van der Waals surface area contributed by atoms with E-state index in [0.29, 0.717) is 39.1 Å². The zero-order valence-corrected chi connectivity index (χ0v) is 17.7. The summed E-state index contributed by atoms with van der Waals surface area (Å²) in [6.07, 6.45) is 3.25. The number of nitrogens with zero attached hydrogens (tertiary/aromatic N) is 2. The fourth-order valence-electron chi connectivity index (χ4n) is 3.57. The van der Waals surface area contributed by atoms with E-state index in [1.54, 1.807) is 31.5 Å². The van der Waals surface area contributed by atoms with Gasteiger partial charge in [0.15, 0.2) is 11.1 Å². The highest BCUT2D eigenvalue weighted by molar-refractivity contribution is 6.29. The molecule has 9 heteroatoms. The highest BCUT2D eigenvalue weighted by Crippen LogP contribution is 2.32. The molecule has 3 aromatic heterocycles. The highest BCUT2D eigenvalue weighted by Gasteiger charge is 2.21. The molecule has 0 bridgehead atoms. The molecule has 0 fully saturated rings. The molecule has 0 amide bonds. The van der Waals surface area contributed by atoms with Gasteiger partial charge in [-0.3, -0.25) is 9.89 Å². The topological polar surface area (TPSA) is 121 Å². The van der Waals surface area contributed by atoms with Crippen molar-refractivity contribution in [2.45, 2.75) is 26.8 Å². The Balaban J connectivity index is 1.88. The summed E-state index contributed by atoms with van der Waals surface area (Å²) in [4.78, 5) is 28.6. The van der Waals surface area contributed by atoms with Crippen molar-refractivity contribution in [2.24, 2.45) is 0 Å². The van der Waals surface area contributed by atoms with E-state index in [-0.39, 0.29) is 16.3 Å². The minimum Gasteiger partial charge on any atom is -0.476 e. The molecule has 0 radical (unpaired) electrons. The van der Waals surface area contributed by atoms with Crippen molar-refractivity contribution >= 4 is 34.2 Å². The maximum Gasteiger partial charge on any atom is 0.356 e. The van der Waals surface area contributed by atoms with Crippen LogP contribution in [0.2, 0.25) is 5.15 Å². The number of carboxylic acids is 1. The van der Waals surface area contributed by atoms with E-state index in [1.807, 2.05) is 19.9 Å². The van der Waals surface area contributed by atoms with Crippen LogP contribution < -0.4 is 10.7 Å². The number of fused-ring (bicyclic) bond motifs is 1. The number of hydrogen-bond acceptors (Lipinski definition) is 6. The third-order valence-electron chi connectivity index (χ3n) is 5.05. The van der Waals surface area contributed by atoms with Gasteiger partial charge in [-0.05, 0) is 44.5 Å². The van der Waals surface area contributed by atoms with Gasteiger partial charge >= 0.3 is 5.97 Å². The number of rotatable bonds is 5. The van der Waals surface area contributed by atoms with Gasteiger partial charge in [-0.25, -0.2) is 9.78 Å². The minimum atomic E-state index is -1.20. The van der Waals surface area contributed by atoms with Crippen LogP contribution in [0.5, 0.6) is 0 Å². The van der Waals surface area contributed by atoms with E-state index >= 15 is 0 Å². The third-order valence-corrected chi connectivity index (χ3v) is 5.27. The number of benzene rings is 1. The molecule has 4 aromatic rings. The van der Waals surface area contributed by atoms with Gasteiger partial charge in [-0.15, -0.1) is 0 Å². The second-order valence-corrected chi connectivity index (χ2v) is 7.69. The lowest BCUT2D eigenvalue weighted by molar-refractivity contribution is 0.0691. The molecule has 1 aromatic carbocycles. The smallest absolute Gasteiger partial charge is 0.356 e. The Morgan fingerprint density at radius 1 is 1.29 bits per heavy atom. The van der Waals surface area contributed by atoms with E-state index in [0.717, 1.165) is 5.56 Å². The Bertz CT molecular complexity index is 1360. The molecule has 1 atom stereocenters. The zero-order valence-electron chi connectivity index (χ0n) is 17.0. The molecule has 0 saturated carbocycles. The number of aryl methyl sites for hydroxylation is 1. The van der Waals surface area contributed by atoms with Crippen LogP contribution in [-0.4, -0.2) is 26.3 Å². The fraction of sp³-hybridized carbons (Fsp3) is 0.182. The molecular weight excluding hydrogens is 420 g/mol. The van der Waals surface area contributed by atoms with Crippen molar-refractivity contribution in [3.63, 3.8) is 0 Å². The first-order valence-electron chi connectivity index (χ1n) is 9.49. The van der Waals surface area contributed by atoms with Gasteiger partial charge in [-0.2, -0.15) is 5.10 Å². The van der Waals surface area contributed by atoms with E-state index in [9.17, 15) is 14.7 Å². The van der Waals surface area contributed by atoms with E-state index in [1.165, 1.54) is 6.07 Å². The SMILES string of the molecule is Cc1cc(C(C)Nc2ccc(Cl)nc2C(=O)O)c2oc(-c3cn[nH]c3)c(C)c(=O)c2c1. The van der Waals surface area contributed by atoms with Gasteiger partial charge in [0.05, 0.1) is 28.9 Å². The molecule has 0 aliphatic carbocycles. The summed E-state index contributed by atoms with van der Waals surface area (Å²) in [5, 5.41) is 19.8. The lowest BCUT2D eigenvalue weighted by Crippen LogP contribution is -2.14. The lowest BCUT2D eigenvalue weighted by Gasteiger charge is -2.19. The van der Waals surface area contributed by atoms with Gasteiger partial charge in [0.2, 0.25) is 0 Å². The van der Waals surface area contributed by atoms with Crippen LogP contribution in [0.1, 0.15) is 40.1 Å². The van der Waals surface area contributed by atoms with Crippen molar-refractivity contribution in [2.75, 3.05) is 5.32 Å². The number of pyridine rings is 1. The summed E-state index contributed by atoms with van der Waals surface area (Å²) in [7, 11) is 0. The van der Waals surface area contributed by atoms with Crippen molar-refractivity contribution < 1.29 is 14.3 Å². The molecule has 8 nitrogen and oxygen atoms in total. The number of nitrogens with one attached hydrogen (secondary N) is 2. The van der Waals surface area contributed by atoms with E-state index in [2.05, 4.69) is 20.5 Å². The standard InChI is InChI=1S/C22H19ClN4O4/c1-10-6-14(12(3)26-16-4-5-17(23)27-18(16)22(29)30)21-15(7-10)19(28)11(2)20(31-21)13-8-24-25-9-13/h4-9,12,26H,1-3H3,(H,24,25)(H,29,30). The summed E-state index contributed by atoms with van der Waals surface area (Å²) >= 11 is 5.85. The lowest BCUT2D eigenvalue weighted by atomic mass is 9.99. The maximum absolute atomic E-state index is 13.1. The van der Waals surface area contributed by atoms with Gasteiger partial charge in [0.1, 0.15) is 16.5 Å². The first-order chi connectivity index (χ1) is 14.8. The number of halogens is 1. The number of carbonyl (C=O) groups is 1. The monoisotopic (exact) mass is 438 g/mol. The predicted molar refractivity (Wildman–Crippen MR) is 118 cm³/mol. The summed E-state index contributed by atoms with van der Waals surface area (Å²) in [6.45, 7) is 5.46. The largest absolute Gasteiger partial charge is 0.476 e. The molecule has 158 valence electrons. The molecule has 0 saturated heterocycles. The second-order valence-electron chi connectivity index (χ2n) is 7.30. The average molecular weight is 439 g/mol. The Hall–Kier alpha value is -3.65. The number of carboxylic acid groups (broad SMARTS) is 1. The first kappa shape index (κ1) is 20.6. The molecule has 0 spiro atoms. The molecule has 31 heavy (non-hydrogen) atoms. The average Bonchev–Trinajstić information content (AvgIpc) is 3.26. The van der Waals surface area contributed by atoms with Gasteiger partial charge in [0, 0.05) is 17.3 Å². The van der Waals surface area contributed by atoms with Crippen LogP contribution in [-0.2, 0) is 0 Å².